The number of nitrogens with one attached hydrogen (secondary N) is 1. The largest absolute Gasteiger partial charge is 0.325 e. The second kappa shape index (κ2) is 7.42. The van der Waals surface area contributed by atoms with E-state index in [1.807, 2.05) is 44.2 Å². The van der Waals surface area contributed by atoms with Crippen LogP contribution < -0.4 is 5.32 Å². The normalized spacial score (nSPS) is 13.5. The van der Waals surface area contributed by atoms with Gasteiger partial charge in [-0.05, 0) is 37.5 Å². The van der Waals surface area contributed by atoms with Crippen molar-refractivity contribution in [2.24, 2.45) is 0 Å². The fourth-order valence-electron chi connectivity index (χ4n) is 2.51. The van der Waals surface area contributed by atoms with Crippen molar-refractivity contribution in [3.8, 4) is 0 Å². The molecule has 2 aromatic carbocycles. The highest BCUT2D eigenvalue weighted by molar-refractivity contribution is 9.12. The van der Waals surface area contributed by atoms with Crippen LogP contribution in [0, 0.1) is 20.8 Å². The van der Waals surface area contributed by atoms with Gasteiger partial charge in [0.25, 0.3) is 0 Å². The molecule has 2 aromatic rings. The molecule has 0 spiro atoms. The zero-order valence-electron chi connectivity index (χ0n) is 12.9. The average Bonchev–Trinajstić information content (AvgIpc) is 2.50. The second-order valence-corrected chi connectivity index (χ2v) is 7.45. The first-order valence-corrected chi connectivity index (χ1v) is 8.95. The summed E-state index contributed by atoms with van der Waals surface area (Å²) in [7, 11) is 0. The van der Waals surface area contributed by atoms with Gasteiger partial charge in [0.15, 0.2) is 0 Å². The molecule has 1 N–H and O–H groups in total. The lowest BCUT2D eigenvalue weighted by molar-refractivity contribution is -0.115. The summed E-state index contributed by atoms with van der Waals surface area (Å²) < 4.78 is 0. The van der Waals surface area contributed by atoms with E-state index >= 15 is 0 Å². The molecule has 116 valence electrons. The molecule has 0 aromatic heterocycles. The molecular weight excluding hydrogens is 406 g/mol. The molecule has 0 saturated heterocycles. The third kappa shape index (κ3) is 3.99. The van der Waals surface area contributed by atoms with Crippen molar-refractivity contribution < 1.29 is 4.79 Å². The Kier molecular flexibility index (Phi) is 5.81. The maximum absolute atomic E-state index is 12.5. The Hall–Kier alpha value is -1.13. The van der Waals surface area contributed by atoms with E-state index < -0.39 is 0 Å². The fraction of sp³-hybridized carbons (Fsp3) is 0.278. The van der Waals surface area contributed by atoms with Gasteiger partial charge < -0.3 is 5.32 Å². The topological polar surface area (TPSA) is 29.1 Å². The maximum Gasteiger partial charge on any atom is 0.239 e. The number of hydrogen-bond acceptors (Lipinski definition) is 1. The van der Waals surface area contributed by atoms with Gasteiger partial charge in [0.2, 0.25) is 5.91 Å². The molecule has 0 saturated carbocycles. The summed E-state index contributed by atoms with van der Waals surface area (Å²) in [6.07, 6.45) is 0. The van der Waals surface area contributed by atoms with E-state index in [9.17, 15) is 4.79 Å². The third-order valence-corrected chi connectivity index (χ3v) is 6.26. The number of amides is 1. The Bertz CT molecular complexity index is 647. The first kappa shape index (κ1) is 17.2. The van der Waals surface area contributed by atoms with Crippen LogP contribution in [-0.4, -0.2) is 10.7 Å². The maximum atomic E-state index is 12.5. The predicted octanol–water partition coefficient (Wildman–Crippen LogP) is 5.45. The van der Waals surface area contributed by atoms with E-state index in [1.165, 1.54) is 5.56 Å². The minimum Gasteiger partial charge on any atom is -0.325 e. The van der Waals surface area contributed by atoms with Gasteiger partial charge in [0, 0.05) is 5.69 Å². The van der Waals surface area contributed by atoms with E-state index in [0.29, 0.717) is 0 Å². The summed E-state index contributed by atoms with van der Waals surface area (Å²) in [5, 5.41) is 3.04. The molecule has 0 aliphatic rings. The number of hydrogen-bond donors (Lipinski definition) is 1. The van der Waals surface area contributed by atoms with Crippen molar-refractivity contribution in [3.63, 3.8) is 0 Å². The summed E-state index contributed by atoms with van der Waals surface area (Å²) in [6, 6.07) is 14.1. The molecule has 2 nitrogen and oxygen atoms in total. The molecule has 0 heterocycles. The molecule has 2 rings (SSSR count). The highest BCUT2D eigenvalue weighted by atomic mass is 79.9. The van der Waals surface area contributed by atoms with Crippen molar-refractivity contribution in [3.05, 3.63) is 64.7 Å². The lowest BCUT2D eigenvalue weighted by atomic mass is 10.0. The van der Waals surface area contributed by atoms with Crippen LogP contribution >= 0.6 is 31.9 Å². The number of carbonyl (C=O) groups is 1. The number of alkyl halides is 2. The molecule has 0 radical (unpaired) electrons. The van der Waals surface area contributed by atoms with Gasteiger partial charge in [-0.25, -0.2) is 0 Å². The van der Waals surface area contributed by atoms with Crippen LogP contribution in [0.1, 0.15) is 27.1 Å². The van der Waals surface area contributed by atoms with Gasteiger partial charge >= 0.3 is 0 Å². The Morgan fingerprint density at radius 2 is 1.55 bits per heavy atom. The first-order chi connectivity index (χ1) is 10.4. The van der Waals surface area contributed by atoms with Crippen molar-refractivity contribution in [1.29, 1.82) is 0 Å². The molecule has 0 fully saturated rings. The number of aryl methyl sites for hydroxylation is 3. The first-order valence-electron chi connectivity index (χ1n) is 7.12. The molecule has 0 aliphatic carbocycles. The van der Waals surface area contributed by atoms with Gasteiger partial charge in [0.05, 0.1) is 4.83 Å². The molecule has 0 bridgehead atoms. The Morgan fingerprint density at radius 3 is 2.09 bits per heavy atom. The van der Waals surface area contributed by atoms with E-state index in [-0.39, 0.29) is 15.6 Å². The molecule has 1 amide bonds. The summed E-state index contributed by atoms with van der Waals surface area (Å²) in [6.45, 7) is 6.09. The minimum absolute atomic E-state index is 0.0548. The number of rotatable bonds is 4. The predicted molar refractivity (Wildman–Crippen MR) is 100 cm³/mol. The number of carbonyl (C=O) groups excluding carboxylic acids is 1. The van der Waals surface area contributed by atoms with Crippen molar-refractivity contribution >= 4 is 43.5 Å². The van der Waals surface area contributed by atoms with E-state index in [0.717, 1.165) is 22.4 Å². The van der Waals surface area contributed by atoms with Crippen LogP contribution in [0.5, 0.6) is 0 Å². The van der Waals surface area contributed by atoms with Crippen molar-refractivity contribution in [1.82, 2.24) is 0 Å². The third-order valence-electron chi connectivity index (χ3n) is 3.55. The molecule has 22 heavy (non-hydrogen) atoms. The summed E-state index contributed by atoms with van der Waals surface area (Å²) in [4.78, 5) is 12.1. The second-order valence-electron chi connectivity index (χ2n) is 5.48. The SMILES string of the molecule is Cc1cc(C)c(NC(=O)[C@@H](Br)[C@H](Br)c2ccccc2)c(C)c1. The smallest absolute Gasteiger partial charge is 0.239 e. The van der Waals surface area contributed by atoms with Crippen LogP contribution in [0.3, 0.4) is 0 Å². The van der Waals surface area contributed by atoms with E-state index in [2.05, 4.69) is 56.2 Å². The van der Waals surface area contributed by atoms with Crippen LogP contribution in [-0.2, 0) is 4.79 Å². The van der Waals surface area contributed by atoms with Gasteiger partial charge in [-0.15, -0.1) is 0 Å². The van der Waals surface area contributed by atoms with E-state index in [4.69, 9.17) is 0 Å². The quantitative estimate of drug-likeness (QED) is 0.649. The zero-order valence-corrected chi connectivity index (χ0v) is 16.0. The number of halogens is 2. The van der Waals surface area contributed by atoms with Crippen molar-refractivity contribution in [2.75, 3.05) is 5.32 Å². The molecule has 0 aliphatic heterocycles. The molecule has 0 unspecified atom stereocenters. The van der Waals surface area contributed by atoms with Crippen molar-refractivity contribution in [2.45, 2.75) is 30.4 Å². The molecule has 4 heteroatoms. The van der Waals surface area contributed by atoms with Gasteiger partial charge in [-0.1, -0.05) is 79.9 Å². The Labute approximate surface area is 148 Å². The monoisotopic (exact) mass is 423 g/mol. The number of anilines is 1. The van der Waals surface area contributed by atoms with Crippen LogP contribution in [0.15, 0.2) is 42.5 Å². The average molecular weight is 425 g/mol. The number of benzene rings is 2. The lowest BCUT2D eigenvalue weighted by Gasteiger charge is -2.19. The van der Waals surface area contributed by atoms with Gasteiger partial charge in [-0.3, -0.25) is 4.79 Å². The Morgan fingerprint density at radius 1 is 1.00 bits per heavy atom. The standard InChI is InChI=1S/C18H19Br2NO/c1-11-9-12(2)17(13(3)10-11)21-18(22)16(20)15(19)14-7-5-4-6-8-14/h4-10,15-16H,1-3H3,(H,21,22)/t15-,16+/m1/s1. The van der Waals surface area contributed by atoms with Crippen LogP contribution in [0.4, 0.5) is 5.69 Å². The lowest BCUT2D eigenvalue weighted by Crippen LogP contribution is -2.27. The van der Waals surface area contributed by atoms with E-state index in [1.54, 1.807) is 0 Å². The molecule has 2 atom stereocenters. The summed E-state index contributed by atoms with van der Waals surface area (Å²) >= 11 is 7.11. The summed E-state index contributed by atoms with van der Waals surface area (Å²) in [5.74, 6) is -0.0548. The van der Waals surface area contributed by atoms with Crippen LogP contribution in [0.2, 0.25) is 0 Å². The fourth-order valence-corrected chi connectivity index (χ4v) is 3.47. The minimum atomic E-state index is -0.352. The zero-order chi connectivity index (χ0) is 16.3. The van der Waals surface area contributed by atoms with Crippen LogP contribution in [0.25, 0.3) is 0 Å². The summed E-state index contributed by atoms with van der Waals surface area (Å²) in [5.41, 5.74) is 5.32. The highest BCUT2D eigenvalue weighted by Crippen LogP contribution is 2.32. The highest BCUT2D eigenvalue weighted by Gasteiger charge is 2.25. The van der Waals surface area contributed by atoms with Gasteiger partial charge in [0.1, 0.15) is 4.83 Å². The Balaban J connectivity index is 2.16. The van der Waals surface area contributed by atoms with Gasteiger partial charge in [-0.2, -0.15) is 0 Å². The molecular formula is C18H19Br2NO.